The molecule has 272 valence electrons. The molecule has 2 aromatic rings. The number of guanidine groups is 1. The molecule has 0 aliphatic rings. The maximum atomic E-state index is 13.0. The smallest absolute Gasteiger partial charge is 0.410 e. The molecule has 2 heterocycles. The highest BCUT2D eigenvalue weighted by molar-refractivity contribution is 6.05. The van der Waals surface area contributed by atoms with Crippen molar-refractivity contribution in [2.45, 2.75) is 72.0 Å². The normalized spacial score (nSPS) is 11.3. The van der Waals surface area contributed by atoms with E-state index in [-0.39, 0.29) is 30.7 Å². The monoisotopic (exact) mass is 688 g/mol. The topological polar surface area (TPSA) is 229 Å². The molecule has 0 saturated carbocycles. The Balaban J connectivity index is 1.90. The van der Waals surface area contributed by atoms with E-state index in [0.717, 1.165) is 0 Å². The minimum atomic E-state index is -0.671. The number of carbonyl (C=O) groups excluding carboxylic acids is 5. The fourth-order valence-corrected chi connectivity index (χ4v) is 4.39. The quantitative estimate of drug-likeness (QED) is 0.0916. The van der Waals surface area contributed by atoms with Gasteiger partial charge in [-0.05, 0) is 72.9 Å². The van der Waals surface area contributed by atoms with Crippen LogP contribution >= 0.6 is 0 Å². The van der Waals surface area contributed by atoms with Gasteiger partial charge in [-0.1, -0.05) is 0 Å². The third-order valence-corrected chi connectivity index (χ3v) is 6.49. The summed E-state index contributed by atoms with van der Waals surface area (Å²) in [7, 11) is 3.33. The lowest BCUT2D eigenvalue weighted by atomic mass is 10.2. The van der Waals surface area contributed by atoms with Crippen molar-refractivity contribution in [2.24, 2.45) is 30.6 Å². The van der Waals surface area contributed by atoms with Crippen LogP contribution in [0.15, 0.2) is 29.5 Å². The summed E-state index contributed by atoms with van der Waals surface area (Å²) in [6.45, 7) is 11.9. The predicted octanol–water partition coefficient (Wildman–Crippen LogP) is 2.49. The van der Waals surface area contributed by atoms with Gasteiger partial charge in [0, 0.05) is 52.7 Å². The number of nitrogens with one attached hydrogen (secondary N) is 4. The first-order valence-corrected chi connectivity index (χ1v) is 16.0. The van der Waals surface area contributed by atoms with Gasteiger partial charge >= 0.3 is 12.2 Å². The number of anilines is 2. The molecule has 0 aliphatic heterocycles. The van der Waals surface area contributed by atoms with Gasteiger partial charge in [0.05, 0.1) is 11.4 Å². The Hall–Kier alpha value is -5.22. The average Bonchev–Trinajstić information content (AvgIpc) is 3.51. The van der Waals surface area contributed by atoms with E-state index in [2.05, 4.69) is 26.3 Å². The van der Waals surface area contributed by atoms with E-state index in [1.165, 1.54) is 6.07 Å². The van der Waals surface area contributed by atoms with Crippen LogP contribution < -0.4 is 32.7 Å². The molecule has 0 radical (unpaired) electrons. The van der Waals surface area contributed by atoms with Gasteiger partial charge < -0.3 is 56.2 Å². The van der Waals surface area contributed by atoms with Gasteiger partial charge in [-0.3, -0.25) is 14.4 Å². The molecular weight excluding hydrogens is 636 g/mol. The van der Waals surface area contributed by atoms with E-state index in [4.69, 9.17) is 20.9 Å². The van der Waals surface area contributed by atoms with Gasteiger partial charge in [0.2, 0.25) is 5.91 Å². The van der Waals surface area contributed by atoms with Crippen LogP contribution in [0.2, 0.25) is 0 Å². The zero-order valence-electron chi connectivity index (χ0n) is 29.8. The second-order valence-electron chi connectivity index (χ2n) is 13.4. The van der Waals surface area contributed by atoms with Gasteiger partial charge in [-0.15, -0.1) is 0 Å². The Kier molecular flexibility index (Phi) is 14.5. The third-order valence-electron chi connectivity index (χ3n) is 6.49. The Morgan fingerprint density at radius 2 is 1.29 bits per heavy atom. The molecule has 0 saturated heterocycles. The highest BCUT2D eigenvalue weighted by atomic mass is 16.6. The number of nitrogens with two attached hydrogens (primary N) is 2. The standard InChI is InChI=1S/C32H52N10O7/c1-31(2,3)48-29(46)36-12-9-10-14-42(30(47)49-32(4,5)6)15-11-13-35-26(44)23-17-22(20-40(23)7)39-27(45)24-16-21(19-41(24)8)38-25(43)18-37-28(33)34/h16-17,19-20H,9-15,18H2,1-8H3,(H,35,44)(H,36,46)(H,38,43)(H,39,45)(H4,33,34,37). The molecule has 2 rings (SSSR count). The number of rotatable bonds is 15. The van der Waals surface area contributed by atoms with Crippen molar-refractivity contribution in [2.75, 3.05) is 43.4 Å². The van der Waals surface area contributed by atoms with Gasteiger partial charge in [0.1, 0.15) is 29.1 Å². The summed E-state index contributed by atoms with van der Waals surface area (Å²) in [5.41, 5.74) is 10.6. The first kappa shape index (κ1) is 40.0. The minimum absolute atomic E-state index is 0.210. The summed E-state index contributed by atoms with van der Waals surface area (Å²) in [4.78, 5) is 67.9. The zero-order chi connectivity index (χ0) is 36.9. The Bertz CT molecular complexity index is 1490. The lowest BCUT2D eigenvalue weighted by Gasteiger charge is -2.27. The summed E-state index contributed by atoms with van der Waals surface area (Å²) in [6, 6.07) is 3.05. The van der Waals surface area contributed by atoms with Crippen LogP contribution in [0.5, 0.6) is 0 Å². The fourth-order valence-electron chi connectivity index (χ4n) is 4.39. The van der Waals surface area contributed by atoms with Gasteiger partial charge in [-0.2, -0.15) is 0 Å². The highest BCUT2D eigenvalue weighted by Crippen LogP contribution is 2.18. The van der Waals surface area contributed by atoms with Crippen LogP contribution in [-0.2, 0) is 28.4 Å². The van der Waals surface area contributed by atoms with Crippen LogP contribution in [0, 0.1) is 0 Å². The second kappa shape index (κ2) is 17.8. The second-order valence-corrected chi connectivity index (χ2v) is 13.4. The molecule has 0 fully saturated rings. The minimum Gasteiger partial charge on any atom is -0.444 e. The average molecular weight is 689 g/mol. The number of hydrogen-bond acceptors (Lipinski definition) is 8. The van der Waals surface area contributed by atoms with Crippen molar-refractivity contribution in [3.05, 3.63) is 35.9 Å². The van der Waals surface area contributed by atoms with E-state index in [1.54, 1.807) is 88.1 Å². The van der Waals surface area contributed by atoms with Crippen molar-refractivity contribution >= 4 is 47.2 Å². The molecule has 49 heavy (non-hydrogen) atoms. The van der Waals surface area contributed by atoms with Crippen molar-refractivity contribution in [1.29, 1.82) is 0 Å². The lowest BCUT2D eigenvalue weighted by molar-refractivity contribution is -0.114. The maximum absolute atomic E-state index is 13.0. The summed E-state index contributed by atoms with van der Waals surface area (Å²) >= 11 is 0. The Labute approximate surface area is 287 Å². The summed E-state index contributed by atoms with van der Waals surface area (Å²) in [5.74, 6) is -1.47. The van der Waals surface area contributed by atoms with Crippen LogP contribution in [-0.4, -0.2) is 93.8 Å². The number of aryl methyl sites for hydroxylation is 2. The Morgan fingerprint density at radius 3 is 1.86 bits per heavy atom. The number of nitrogens with zero attached hydrogens (tertiary/aromatic N) is 4. The molecule has 17 nitrogen and oxygen atoms in total. The molecule has 17 heteroatoms. The molecule has 0 spiro atoms. The Morgan fingerprint density at radius 1 is 0.755 bits per heavy atom. The van der Waals surface area contributed by atoms with E-state index < -0.39 is 35.2 Å². The zero-order valence-corrected chi connectivity index (χ0v) is 29.8. The molecule has 0 aliphatic carbocycles. The first-order valence-electron chi connectivity index (χ1n) is 16.0. The van der Waals surface area contributed by atoms with Crippen molar-refractivity contribution in [3.8, 4) is 0 Å². The highest BCUT2D eigenvalue weighted by Gasteiger charge is 2.22. The number of aliphatic imine (C=N–C) groups is 1. The predicted molar refractivity (Wildman–Crippen MR) is 186 cm³/mol. The lowest BCUT2D eigenvalue weighted by Crippen LogP contribution is -2.39. The molecule has 5 amide bonds. The molecule has 0 aromatic carbocycles. The SMILES string of the molecule is Cn1cc(NC(=O)c2cc(NC(=O)CN=C(N)N)cn2C)cc1C(=O)NCCCN(CCCCNC(=O)OC(C)(C)C)C(=O)OC(C)(C)C. The van der Waals surface area contributed by atoms with Gasteiger partial charge in [-0.25, -0.2) is 14.6 Å². The largest absolute Gasteiger partial charge is 0.444 e. The molecule has 2 aromatic heterocycles. The molecule has 0 unspecified atom stereocenters. The van der Waals surface area contributed by atoms with Crippen LogP contribution in [0.25, 0.3) is 0 Å². The van der Waals surface area contributed by atoms with E-state index in [1.807, 2.05) is 0 Å². The molecule has 0 bridgehead atoms. The summed E-state index contributed by atoms with van der Waals surface area (Å²) in [6.07, 6.45) is 3.94. The van der Waals surface area contributed by atoms with Crippen LogP contribution in [0.4, 0.5) is 21.0 Å². The molecular formula is C32H52N10O7. The van der Waals surface area contributed by atoms with Crippen molar-refractivity contribution in [3.63, 3.8) is 0 Å². The van der Waals surface area contributed by atoms with Gasteiger partial charge in [0.25, 0.3) is 11.8 Å². The number of amides is 5. The number of hydrogen-bond donors (Lipinski definition) is 6. The number of unbranched alkanes of at least 4 members (excludes halogenated alkanes) is 1. The van der Waals surface area contributed by atoms with Gasteiger partial charge in [0.15, 0.2) is 5.96 Å². The van der Waals surface area contributed by atoms with E-state index in [0.29, 0.717) is 56.0 Å². The first-order chi connectivity index (χ1) is 22.7. The molecule has 8 N–H and O–H groups in total. The van der Waals surface area contributed by atoms with Crippen molar-refractivity contribution in [1.82, 2.24) is 24.7 Å². The number of carbonyl (C=O) groups is 5. The van der Waals surface area contributed by atoms with Crippen LogP contribution in [0.3, 0.4) is 0 Å². The van der Waals surface area contributed by atoms with Crippen LogP contribution in [0.1, 0.15) is 81.8 Å². The number of aromatic nitrogens is 2. The van der Waals surface area contributed by atoms with Crippen molar-refractivity contribution < 1.29 is 33.4 Å². The number of alkyl carbamates (subject to hydrolysis) is 1. The maximum Gasteiger partial charge on any atom is 0.410 e. The van der Waals surface area contributed by atoms with E-state index in [9.17, 15) is 24.0 Å². The third kappa shape index (κ3) is 15.0. The summed E-state index contributed by atoms with van der Waals surface area (Å²) < 4.78 is 13.9. The molecule has 0 atom stereocenters. The van der Waals surface area contributed by atoms with E-state index >= 15 is 0 Å². The fraction of sp³-hybridized carbons (Fsp3) is 0.562. The summed E-state index contributed by atoms with van der Waals surface area (Å²) in [5, 5.41) is 10.9. The number of ether oxygens (including phenoxy) is 2.